The predicted molar refractivity (Wildman–Crippen MR) is 63.5 cm³/mol. The molecule has 6 heteroatoms. The summed E-state index contributed by atoms with van der Waals surface area (Å²) in [5, 5.41) is 13.1. The van der Waals surface area contributed by atoms with E-state index in [1.54, 1.807) is 39.3 Å². The van der Waals surface area contributed by atoms with Crippen LogP contribution in [0.25, 0.3) is 11.5 Å². The summed E-state index contributed by atoms with van der Waals surface area (Å²) in [6.45, 7) is 1.57. The molecule has 0 fully saturated rings. The second-order valence-electron chi connectivity index (χ2n) is 3.70. The van der Waals surface area contributed by atoms with E-state index in [1.165, 1.54) is 0 Å². The summed E-state index contributed by atoms with van der Waals surface area (Å²) in [6.07, 6.45) is -0.779. The van der Waals surface area contributed by atoms with Gasteiger partial charge in [0, 0.05) is 0 Å². The molecule has 0 aliphatic heterocycles. The van der Waals surface area contributed by atoms with Gasteiger partial charge in [0.1, 0.15) is 17.6 Å². The summed E-state index contributed by atoms with van der Waals surface area (Å²) in [6, 6.07) is 5.26. The lowest BCUT2D eigenvalue weighted by atomic mass is 10.2. The van der Waals surface area contributed by atoms with Crippen LogP contribution in [-0.4, -0.2) is 29.5 Å². The molecule has 1 atom stereocenters. The summed E-state index contributed by atoms with van der Waals surface area (Å²) in [5.41, 5.74) is 0.622. The Morgan fingerprint density at radius 3 is 2.61 bits per heavy atom. The molecule has 2 rings (SSSR count). The first-order chi connectivity index (χ1) is 8.65. The van der Waals surface area contributed by atoms with Crippen molar-refractivity contribution in [3.63, 3.8) is 0 Å². The molecule has 96 valence electrons. The molecule has 0 bridgehead atoms. The Balaban J connectivity index is 2.46. The molecule has 18 heavy (non-hydrogen) atoms. The van der Waals surface area contributed by atoms with E-state index in [4.69, 9.17) is 14.0 Å². The van der Waals surface area contributed by atoms with E-state index in [0.29, 0.717) is 17.1 Å². The summed E-state index contributed by atoms with van der Waals surface area (Å²) in [7, 11) is 3.12. The van der Waals surface area contributed by atoms with Crippen LogP contribution in [0.15, 0.2) is 22.7 Å². The van der Waals surface area contributed by atoms with Crippen LogP contribution in [0.5, 0.6) is 11.5 Å². The van der Waals surface area contributed by atoms with Crippen LogP contribution < -0.4 is 9.47 Å². The maximum absolute atomic E-state index is 9.37. The van der Waals surface area contributed by atoms with Gasteiger partial charge in [-0.05, 0) is 25.1 Å². The Labute approximate surface area is 104 Å². The summed E-state index contributed by atoms with van der Waals surface area (Å²) in [4.78, 5) is 4.10. The van der Waals surface area contributed by atoms with E-state index in [1.807, 2.05) is 0 Å². The van der Waals surface area contributed by atoms with Crippen LogP contribution in [0, 0.1) is 0 Å². The van der Waals surface area contributed by atoms with Crippen molar-refractivity contribution in [1.82, 2.24) is 10.1 Å². The fourth-order valence-corrected chi connectivity index (χ4v) is 1.50. The van der Waals surface area contributed by atoms with Gasteiger partial charge in [0.2, 0.25) is 0 Å². The van der Waals surface area contributed by atoms with Gasteiger partial charge in [0.25, 0.3) is 5.89 Å². The molecule has 2 aromatic rings. The topological polar surface area (TPSA) is 77.6 Å². The van der Waals surface area contributed by atoms with Gasteiger partial charge in [-0.2, -0.15) is 4.98 Å². The second-order valence-corrected chi connectivity index (χ2v) is 3.70. The van der Waals surface area contributed by atoms with Gasteiger partial charge >= 0.3 is 0 Å². The first kappa shape index (κ1) is 12.4. The van der Waals surface area contributed by atoms with Crippen molar-refractivity contribution in [3.05, 3.63) is 24.0 Å². The molecule has 1 unspecified atom stereocenters. The lowest BCUT2D eigenvalue weighted by Gasteiger charge is -2.06. The van der Waals surface area contributed by atoms with Crippen molar-refractivity contribution in [2.24, 2.45) is 0 Å². The van der Waals surface area contributed by atoms with Gasteiger partial charge in [0.15, 0.2) is 5.82 Å². The fourth-order valence-electron chi connectivity index (χ4n) is 1.50. The summed E-state index contributed by atoms with van der Waals surface area (Å²) >= 11 is 0. The molecule has 0 saturated carbocycles. The number of hydrogen-bond donors (Lipinski definition) is 1. The van der Waals surface area contributed by atoms with E-state index in [-0.39, 0.29) is 11.7 Å². The summed E-state index contributed by atoms with van der Waals surface area (Å²) in [5.74, 6) is 1.76. The molecule has 1 aromatic carbocycles. The molecular weight excluding hydrogens is 236 g/mol. The smallest absolute Gasteiger partial charge is 0.261 e. The molecule has 0 aliphatic carbocycles. The monoisotopic (exact) mass is 250 g/mol. The largest absolute Gasteiger partial charge is 0.497 e. The van der Waals surface area contributed by atoms with Crippen LogP contribution in [0.1, 0.15) is 18.9 Å². The molecule has 0 amide bonds. The first-order valence-corrected chi connectivity index (χ1v) is 5.39. The zero-order valence-electron chi connectivity index (χ0n) is 10.4. The van der Waals surface area contributed by atoms with Gasteiger partial charge in [-0.25, -0.2) is 0 Å². The Hall–Kier alpha value is -2.08. The van der Waals surface area contributed by atoms with Gasteiger partial charge in [-0.15, -0.1) is 0 Å². The molecule has 1 aromatic heterocycles. The van der Waals surface area contributed by atoms with Crippen LogP contribution in [0.2, 0.25) is 0 Å². The lowest BCUT2D eigenvalue weighted by molar-refractivity contribution is 0.184. The van der Waals surface area contributed by atoms with E-state index >= 15 is 0 Å². The highest BCUT2D eigenvalue weighted by Gasteiger charge is 2.16. The maximum atomic E-state index is 9.37. The predicted octanol–water partition coefficient (Wildman–Crippen LogP) is 1.81. The van der Waals surface area contributed by atoms with Gasteiger partial charge in [0.05, 0.1) is 19.8 Å². The number of benzene rings is 1. The Morgan fingerprint density at radius 1 is 1.28 bits per heavy atom. The number of aromatic nitrogens is 2. The molecule has 0 radical (unpaired) electrons. The van der Waals surface area contributed by atoms with Gasteiger partial charge < -0.3 is 19.1 Å². The second kappa shape index (κ2) is 5.05. The van der Waals surface area contributed by atoms with Crippen molar-refractivity contribution >= 4 is 0 Å². The number of rotatable bonds is 4. The quantitative estimate of drug-likeness (QED) is 0.891. The fraction of sp³-hybridized carbons (Fsp3) is 0.333. The zero-order chi connectivity index (χ0) is 13.1. The van der Waals surface area contributed by atoms with Crippen LogP contribution in [-0.2, 0) is 0 Å². The number of methoxy groups -OCH3 is 2. The molecule has 0 saturated heterocycles. The standard InChI is InChI=1S/C12H14N2O4/c1-7(15)11-13-12(18-14-11)9-6-8(16-2)4-5-10(9)17-3/h4-7,15H,1-3H3. The van der Waals surface area contributed by atoms with E-state index < -0.39 is 6.10 Å². The minimum atomic E-state index is -0.779. The number of ether oxygens (including phenoxy) is 2. The highest BCUT2D eigenvalue weighted by Crippen LogP contribution is 2.32. The average molecular weight is 250 g/mol. The van der Waals surface area contributed by atoms with E-state index in [0.717, 1.165) is 0 Å². The van der Waals surface area contributed by atoms with E-state index in [9.17, 15) is 5.11 Å². The third-order valence-corrected chi connectivity index (χ3v) is 2.45. The van der Waals surface area contributed by atoms with Crippen molar-refractivity contribution in [1.29, 1.82) is 0 Å². The Morgan fingerprint density at radius 2 is 2.06 bits per heavy atom. The highest BCUT2D eigenvalue weighted by molar-refractivity contribution is 5.65. The van der Waals surface area contributed by atoms with Crippen LogP contribution in [0.3, 0.4) is 0 Å². The normalized spacial score (nSPS) is 12.2. The molecular formula is C12H14N2O4. The Kier molecular flexibility index (Phi) is 3.47. The minimum absolute atomic E-state index is 0.231. The molecule has 1 heterocycles. The van der Waals surface area contributed by atoms with Crippen molar-refractivity contribution < 1.29 is 19.1 Å². The molecule has 6 nitrogen and oxygen atoms in total. The van der Waals surface area contributed by atoms with Crippen molar-refractivity contribution in [3.8, 4) is 23.0 Å². The van der Waals surface area contributed by atoms with Gasteiger partial charge in [-0.1, -0.05) is 5.16 Å². The third-order valence-electron chi connectivity index (χ3n) is 2.45. The molecule has 0 aliphatic rings. The number of aliphatic hydroxyl groups is 1. The number of aliphatic hydroxyl groups excluding tert-OH is 1. The molecule has 1 N–H and O–H groups in total. The first-order valence-electron chi connectivity index (χ1n) is 5.39. The maximum Gasteiger partial charge on any atom is 0.261 e. The van der Waals surface area contributed by atoms with E-state index in [2.05, 4.69) is 10.1 Å². The highest BCUT2D eigenvalue weighted by atomic mass is 16.5. The van der Waals surface area contributed by atoms with Gasteiger partial charge in [-0.3, -0.25) is 0 Å². The number of nitrogens with zero attached hydrogens (tertiary/aromatic N) is 2. The average Bonchev–Trinajstić information content (AvgIpc) is 2.87. The number of hydrogen-bond acceptors (Lipinski definition) is 6. The minimum Gasteiger partial charge on any atom is -0.497 e. The Bertz CT molecular complexity index is 537. The SMILES string of the molecule is COc1ccc(OC)c(-c2nc(C(C)O)no2)c1. The van der Waals surface area contributed by atoms with Crippen LogP contribution >= 0.6 is 0 Å². The van der Waals surface area contributed by atoms with Crippen molar-refractivity contribution in [2.75, 3.05) is 14.2 Å². The third kappa shape index (κ3) is 2.28. The zero-order valence-corrected chi connectivity index (χ0v) is 10.4. The molecule has 0 spiro atoms. The van der Waals surface area contributed by atoms with Crippen LogP contribution in [0.4, 0.5) is 0 Å². The van der Waals surface area contributed by atoms with Crippen molar-refractivity contribution in [2.45, 2.75) is 13.0 Å². The summed E-state index contributed by atoms with van der Waals surface area (Å²) < 4.78 is 15.5. The lowest BCUT2D eigenvalue weighted by Crippen LogP contribution is -1.94.